The van der Waals surface area contributed by atoms with E-state index in [1.54, 1.807) is 27.2 Å². The van der Waals surface area contributed by atoms with Crippen molar-refractivity contribution in [2.45, 2.75) is 72.1 Å². The molecule has 0 fully saturated rings. The van der Waals surface area contributed by atoms with E-state index in [0.717, 1.165) is 12.1 Å². The van der Waals surface area contributed by atoms with Gasteiger partial charge in [0.1, 0.15) is 0 Å². The van der Waals surface area contributed by atoms with Crippen molar-refractivity contribution in [1.29, 1.82) is 0 Å². The first kappa shape index (κ1) is 23.9. The summed E-state index contributed by atoms with van der Waals surface area (Å²) in [6, 6.07) is 0.0967. The first-order valence-electron chi connectivity index (χ1n) is 9.93. The Hall–Kier alpha value is -2.09. The maximum atomic E-state index is 12.1. The van der Waals surface area contributed by atoms with Gasteiger partial charge in [-0.2, -0.15) is 5.10 Å². The summed E-state index contributed by atoms with van der Waals surface area (Å²) >= 11 is 0. The molecule has 0 aliphatic rings. The molecular weight excluding hydrogens is 362 g/mol. The Morgan fingerprint density at radius 3 is 2.25 bits per heavy atom. The molecule has 1 aromatic heterocycles. The number of rotatable bonds is 13. The summed E-state index contributed by atoms with van der Waals surface area (Å²) in [5.41, 5.74) is 0.586. The Morgan fingerprint density at radius 2 is 1.75 bits per heavy atom. The lowest BCUT2D eigenvalue weighted by molar-refractivity contribution is -0.162. The van der Waals surface area contributed by atoms with Crippen LogP contribution in [0.4, 0.5) is 5.69 Å². The zero-order chi connectivity index (χ0) is 21.2. The van der Waals surface area contributed by atoms with E-state index in [4.69, 9.17) is 14.2 Å². The van der Waals surface area contributed by atoms with Crippen molar-refractivity contribution < 1.29 is 23.8 Å². The van der Waals surface area contributed by atoms with E-state index in [-0.39, 0.29) is 24.9 Å². The SMILES string of the molecule is CCOC(=O)C(CCC(CC)Nc1cnn(CC(C)(C)OC)c1)C(=O)OCC. The summed E-state index contributed by atoms with van der Waals surface area (Å²) in [5.74, 6) is -1.93. The van der Waals surface area contributed by atoms with Gasteiger partial charge in [-0.15, -0.1) is 0 Å². The number of nitrogens with zero attached hydrogens (tertiary/aromatic N) is 2. The van der Waals surface area contributed by atoms with Crippen LogP contribution < -0.4 is 5.32 Å². The molecule has 1 aromatic rings. The minimum absolute atomic E-state index is 0.0967. The zero-order valence-electron chi connectivity index (χ0n) is 18.0. The maximum Gasteiger partial charge on any atom is 0.320 e. The van der Waals surface area contributed by atoms with Gasteiger partial charge in [0.25, 0.3) is 0 Å². The summed E-state index contributed by atoms with van der Waals surface area (Å²) in [7, 11) is 1.68. The molecule has 1 heterocycles. The van der Waals surface area contributed by atoms with Crippen LogP contribution in [-0.4, -0.2) is 53.7 Å². The van der Waals surface area contributed by atoms with Crippen LogP contribution in [0, 0.1) is 5.92 Å². The second-order valence-corrected chi connectivity index (χ2v) is 7.27. The van der Waals surface area contributed by atoms with Crippen molar-refractivity contribution >= 4 is 17.6 Å². The quantitative estimate of drug-likeness (QED) is 0.404. The number of esters is 2. The van der Waals surface area contributed by atoms with Crippen molar-refractivity contribution in [3.8, 4) is 0 Å². The first-order valence-corrected chi connectivity index (χ1v) is 9.93. The molecule has 1 N–H and O–H groups in total. The molecule has 0 saturated carbocycles. The smallest absolute Gasteiger partial charge is 0.320 e. The molecule has 8 heteroatoms. The normalized spacial score (nSPS) is 12.7. The number of carbonyl (C=O) groups excluding carboxylic acids is 2. The van der Waals surface area contributed by atoms with Crippen LogP contribution in [-0.2, 0) is 30.3 Å². The third kappa shape index (κ3) is 7.88. The van der Waals surface area contributed by atoms with E-state index >= 15 is 0 Å². The highest BCUT2D eigenvalue weighted by atomic mass is 16.6. The molecule has 0 saturated heterocycles. The summed E-state index contributed by atoms with van der Waals surface area (Å²) in [5, 5.41) is 7.78. The lowest BCUT2D eigenvalue weighted by atomic mass is 9.98. The summed E-state index contributed by atoms with van der Waals surface area (Å²) in [6.07, 6.45) is 5.54. The second-order valence-electron chi connectivity index (χ2n) is 7.27. The first-order chi connectivity index (χ1) is 13.3. The third-order valence-corrected chi connectivity index (χ3v) is 4.54. The number of hydrogen-bond acceptors (Lipinski definition) is 7. The number of anilines is 1. The van der Waals surface area contributed by atoms with Crippen molar-refractivity contribution in [1.82, 2.24) is 9.78 Å². The minimum Gasteiger partial charge on any atom is -0.465 e. The second kappa shape index (κ2) is 11.7. The maximum absolute atomic E-state index is 12.1. The molecule has 0 aromatic carbocycles. The van der Waals surface area contributed by atoms with Crippen LogP contribution in [0.25, 0.3) is 0 Å². The molecule has 1 atom stereocenters. The molecular formula is C20H35N3O5. The molecule has 160 valence electrons. The van der Waals surface area contributed by atoms with Crippen LogP contribution in [0.5, 0.6) is 0 Å². The van der Waals surface area contributed by atoms with E-state index < -0.39 is 17.9 Å². The third-order valence-electron chi connectivity index (χ3n) is 4.54. The topological polar surface area (TPSA) is 91.7 Å². The average Bonchev–Trinajstić information content (AvgIpc) is 3.07. The fourth-order valence-electron chi connectivity index (χ4n) is 2.78. The highest BCUT2D eigenvalue weighted by molar-refractivity contribution is 5.94. The molecule has 0 radical (unpaired) electrons. The van der Waals surface area contributed by atoms with E-state index in [0.29, 0.717) is 19.4 Å². The lowest BCUT2D eigenvalue weighted by Crippen LogP contribution is -2.30. The Bertz CT molecular complexity index is 597. The van der Waals surface area contributed by atoms with Gasteiger partial charge in [0, 0.05) is 19.3 Å². The number of ether oxygens (including phenoxy) is 3. The van der Waals surface area contributed by atoms with Gasteiger partial charge in [-0.3, -0.25) is 14.3 Å². The fourth-order valence-corrected chi connectivity index (χ4v) is 2.78. The molecule has 0 spiro atoms. The van der Waals surface area contributed by atoms with Crippen molar-refractivity contribution in [2.75, 3.05) is 25.6 Å². The molecule has 0 aliphatic carbocycles. The molecule has 0 aliphatic heterocycles. The van der Waals surface area contributed by atoms with Gasteiger partial charge in [-0.1, -0.05) is 6.92 Å². The Morgan fingerprint density at radius 1 is 1.14 bits per heavy atom. The van der Waals surface area contributed by atoms with E-state index in [2.05, 4.69) is 17.3 Å². The molecule has 8 nitrogen and oxygen atoms in total. The number of hydrogen-bond donors (Lipinski definition) is 1. The number of carbonyl (C=O) groups is 2. The van der Waals surface area contributed by atoms with Gasteiger partial charge in [-0.05, 0) is 47.0 Å². The van der Waals surface area contributed by atoms with Gasteiger partial charge in [-0.25, -0.2) is 0 Å². The van der Waals surface area contributed by atoms with Gasteiger partial charge >= 0.3 is 11.9 Å². The number of aromatic nitrogens is 2. The van der Waals surface area contributed by atoms with Crippen LogP contribution in [0.15, 0.2) is 12.4 Å². The van der Waals surface area contributed by atoms with Crippen molar-refractivity contribution in [3.05, 3.63) is 12.4 Å². The molecule has 0 bridgehead atoms. The van der Waals surface area contributed by atoms with E-state index in [1.807, 2.05) is 24.7 Å². The molecule has 0 amide bonds. The fraction of sp³-hybridized carbons (Fsp3) is 0.750. The Labute approximate surface area is 167 Å². The largest absolute Gasteiger partial charge is 0.465 e. The zero-order valence-corrected chi connectivity index (χ0v) is 18.0. The van der Waals surface area contributed by atoms with E-state index in [9.17, 15) is 9.59 Å². The Balaban J connectivity index is 2.68. The van der Waals surface area contributed by atoms with Gasteiger partial charge in [0.2, 0.25) is 0 Å². The van der Waals surface area contributed by atoms with Gasteiger partial charge in [0.15, 0.2) is 5.92 Å². The predicted octanol–water partition coefficient (Wildman–Crippen LogP) is 3.02. The van der Waals surface area contributed by atoms with Crippen molar-refractivity contribution in [3.63, 3.8) is 0 Å². The van der Waals surface area contributed by atoms with Crippen LogP contribution in [0.1, 0.15) is 53.9 Å². The average molecular weight is 398 g/mol. The van der Waals surface area contributed by atoms with Gasteiger partial charge in [0.05, 0.1) is 37.2 Å². The lowest BCUT2D eigenvalue weighted by Gasteiger charge is -2.22. The number of methoxy groups -OCH3 is 1. The monoisotopic (exact) mass is 397 g/mol. The van der Waals surface area contributed by atoms with Crippen LogP contribution in [0.2, 0.25) is 0 Å². The summed E-state index contributed by atoms with van der Waals surface area (Å²) < 4.78 is 17.3. The number of nitrogens with one attached hydrogen (secondary N) is 1. The molecule has 1 unspecified atom stereocenters. The molecule has 28 heavy (non-hydrogen) atoms. The predicted molar refractivity (Wildman–Crippen MR) is 107 cm³/mol. The highest BCUT2D eigenvalue weighted by Crippen LogP contribution is 2.19. The standard InChI is InChI=1S/C20H35N3O5/c1-7-15(10-11-17(18(24)27-8-2)19(25)28-9-3)22-16-12-21-23(13-16)14-20(4,5)26-6/h12-13,15,17,22H,7-11,14H2,1-6H3. The van der Waals surface area contributed by atoms with Crippen molar-refractivity contribution in [2.24, 2.45) is 5.92 Å². The minimum atomic E-state index is -0.888. The van der Waals surface area contributed by atoms with E-state index in [1.165, 1.54) is 0 Å². The Kier molecular flexibility index (Phi) is 9.99. The summed E-state index contributed by atoms with van der Waals surface area (Å²) in [6.45, 7) is 10.6. The highest BCUT2D eigenvalue weighted by Gasteiger charge is 2.30. The van der Waals surface area contributed by atoms with Crippen LogP contribution in [0.3, 0.4) is 0 Å². The van der Waals surface area contributed by atoms with Crippen LogP contribution >= 0.6 is 0 Å². The molecule has 1 rings (SSSR count). The summed E-state index contributed by atoms with van der Waals surface area (Å²) in [4.78, 5) is 24.2. The van der Waals surface area contributed by atoms with Gasteiger partial charge < -0.3 is 19.5 Å².